The van der Waals surface area contributed by atoms with Crippen molar-refractivity contribution >= 4 is 34.0 Å². The van der Waals surface area contributed by atoms with Gasteiger partial charge in [0.05, 0.1) is 5.69 Å². The summed E-state index contributed by atoms with van der Waals surface area (Å²) in [4.78, 5) is 12.6. The van der Waals surface area contributed by atoms with Gasteiger partial charge in [-0.2, -0.15) is 0 Å². The molecule has 0 aliphatic rings. The Balaban J connectivity index is 1.47. The summed E-state index contributed by atoms with van der Waals surface area (Å²) in [6, 6.07) is 29.0. The first-order chi connectivity index (χ1) is 14.2. The van der Waals surface area contributed by atoms with Crippen molar-refractivity contribution in [3.63, 3.8) is 0 Å². The highest BCUT2D eigenvalue weighted by Gasteiger charge is 2.11. The van der Waals surface area contributed by atoms with Gasteiger partial charge in [-0.1, -0.05) is 72.3 Å². The van der Waals surface area contributed by atoms with Crippen LogP contribution >= 0.6 is 11.6 Å². The van der Waals surface area contributed by atoms with E-state index in [2.05, 4.69) is 29.6 Å². The molecule has 0 bridgehead atoms. The number of ether oxygens (including phenoxy) is 1. The number of nitrogens with one attached hydrogen (secondary N) is 1. The molecule has 144 valence electrons. The number of carbonyl (C=O) groups excluding carboxylic acids is 1. The molecule has 4 aromatic carbocycles. The topological polar surface area (TPSA) is 38.3 Å². The Bertz CT molecular complexity index is 1140. The van der Waals surface area contributed by atoms with Gasteiger partial charge in [0.1, 0.15) is 5.75 Å². The Morgan fingerprint density at radius 2 is 1.62 bits per heavy atom. The van der Waals surface area contributed by atoms with Crippen molar-refractivity contribution < 1.29 is 9.53 Å². The number of halogens is 1. The Labute approximate surface area is 174 Å². The largest absolute Gasteiger partial charge is 0.455 e. The fourth-order valence-electron chi connectivity index (χ4n) is 3.28. The van der Waals surface area contributed by atoms with Gasteiger partial charge >= 0.3 is 0 Å². The van der Waals surface area contributed by atoms with E-state index in [9.17, 15) is 4.79 Å². The van der Waals surface area contributed by atoms with Gasteiger partial charge in [0, 0.05) is 11.4 Å². The van der Waals surface area contributed by atoms with Gasteiger partial charge in [-0.15, -0.1) is 0 Å². The van der Waals surface area contributed by atoms with Crippen LogP contribution in [-0.4, -0.2) is 5.91 Å². The van der Waals surface area contributed by atoms with Crippen LogP contribution in [0.3, 0.4) is 0 Å². The van der Waals surface area contributed by atoms with E-state index in [1.54, 1.807) is 18.2 Å². The molecular weight excluding hydrogens is 382 g/mol. The third kappa shape index (κ3) is 4.76. The number of amides is 1. The second kappa shape index (κ2) is 8.80. The van der Waals surface area contributed by atoms with Gasteiger partial charge in [-0.3, -0.25) is 4.79 Å². The normalized spacial score (nSPS) is 10.7. The van der Waals surface area contributed by atoms with Gasteiger partial charge in [-0.05, 0) is 53.1 Å². The lowest BCUT2D eigenvalue weighted by atomic mass is 10.0. The SMILES string of the molecule is O=C(CCc1cccc2ccccc12)Nc1cc(Cl)ccc1Oc1ccccc1. The first-order valence-corrected chi connectivity index (χ1v) is 9.86. The quantitative estimate of drug-likeness (QED) is 0.383. The van der Waals surface area contributed by atoms with E-state index < -0.39 is 0 Å². The van der Waals surface area contributed by atoms with Crippen molar-refractivity contribution in [2.45, 2.75) is 12.8 Å². The predicted molar refractivity (Wildman–Crippen MR) is 119 cm³/mol. The molecule has 0 heterocycles. The summed E-state index contributed by atoms with van der Waals surface area (Å²) in [6.07, 6.45) is 1.02. The van der Waals surface area contributed by atoms with Gasteiger partial charge in [0.15, 0.2) is 5.75 Å². The van der Waals surface area contributed by atoms with E-state index in [0.29, 0.717) is 35.1 Å². The van der Waals surface area contributed by atoms with Gasteiger partial charge < -0.3 is 10.1 Å². The lowest BCUT2D eigenvalue weighted by molar-refractivity contribution is -0.116. The van der Waals surface area contributed by atoms with Crippen LogP contribution in [0.25, 0.3) is 10.8 Å². The highest BCUT2D eigenvalue weighted by atomic mass is 35.5. The third-order valence-corrected chi connectivity index (χ3v) is 4.92. The molecule has 0 aliphatic carbocycles. The molecule has 1 N–H and O–H groups in total. The Kier molecular flexibility index (Phi) is 5.78. The monoisotopic (exact) mass is 401 g/mol. The fraction of sp³-hybridized carbons (Fsp3) is 0.0800. The molecule has 1 amide bonds. The van der Waals surface area contributed by atoms with Crippen LogP contribution in [0.4, 0.5) is 5.69 Å². The van der Waals surface area contributed by atoms with Crippen molar-refractivity contribution in [2.24, 2.45) is 0 Å². The number of benzene rings is 4. The molecule has 0 unspecified atom stereocenters. The molecule has 29 heavy (non-hydrogen) atoms. The van der Waals surface area contributed by atoms with Crippen LogP contribution in [0.2, 0.25) is 5.02 Å². The summed E-state index contributed by atoms with van der Waals surface area (Å²) in [5.41, 5.74) is 1.72. The van der Waals surface area contributed by atoms with Crippen LogP contribution < -0.4 is 10.1 Å². The van der Waals surface area contributed by atoms with E-state index in [0.717, 1.165) is 5.56 Å². The first kappa shape index (κ1) is 19.0. The maximum Gasteiger partial charge on any atom is 0.224 e. The fourth-order valence-corrected chi connectivity index (χ4v) is 3.45. The molecule has 4 aromatic rings. The summed E-state index contributed by atoms with van der Waals surface area (Å²) >= 11 is 6.13. The van der Waals surface area contributed by atoms with Crippen molar-refractivity contribution in [1.82, 2.24) is 0 Å². The molecule has 0 aromatic heterocycles. The maximum absolute atomic E-state index is 12.6. The van der Waals surface area contributed by atoms with Crippen molar-refractivity contribution in [3.05, 3.63) is 102 Å². The highest BCUT2D eigenvalue weighted by molar-refractivity contribution is 6.31. The number of aryl methyl sites for hydroxylation is 1. The van der Waals surface area contributed by atoms with Crippen LogP contribution in [0.1, 0.15) is 12.0 Å². The molecule has 0 radical (unpaired) electrons. The average Bonchev–Trinajstić information content (AvgIpc) is 2.75. The number of anilines is 1. The zero-order valence-electron chi connectivity index (χ0n) is 15.8. The Hall–Kier alpha value is -3.30. The van der Waals surface area contributed by atoms with E-state index >= 15 is 0 Å². The minimum atomic E-state index is -0.0851. The summed E-state index contributed by atoms with van der Waals surface area (Å²) in [6.45, 7) is 0. The molecule has 4 heteroatoms. The standard InChI is InChI=1S/C25H20ClNO2/c26-20-14-15-24(29-21-10-2-1-3-11-21)23(17-20)27-25(28)16-13-19-9-6-8-18-7-4-5-12-22(18)19/h1-12,14-15,17H,13,16H2,(H,27,28). The zero-order chi connectivity index (χ0) is 20.1. The molecule has 0 fully saturated rings. The summed E-state index contributed by atoms with van der Waals surface area (Å²) in [5.74, 6) is 1.17. The van der Waals surface area contributed by atoms with E-state index in [1.807, 2.05) is 48.5 Å². The van der Waals surface area contributed by atoms with Crippen LogP contribution in [0.15, 0.2) is 91.0 Å². The van der Waals surface area contributed by atoms with Crippen molar-refractivity contribution in [1.29, 1.82) is 0 Å². The van der Waals surface area contributed by atoms with Crippen LogP contribution in [0.5, 0.6) is 11.5 Å². The lowest BCUT2D eigenvalue weighted by Crippen LogP contribution is -2.13. The van der Waals surface area contributed by atoms with Crippen molar-refractivity contribution in [2.75, 3.05) is 5.32 Å². The van der Waals surface area contributed by atoms with E-state index in [-0.39, 0.29) is 5.91 Å². The highest BCUT2D eigenvalue weighted by Crippen LogP contribution is 2.32. The molecule has 0 atom stereocenters. The lowest BCUT2D eigenvalue weighted by Gasteiger charge is -2.13. The number of fused-ring (bicyclic) bond motifs is 1. The summed E-state index contributed by atoms with van der Waals surface area (Å²) in [5, 5.41) is 5.84. The number of para-hydroxylation sites is 1. The molecule has 4 rings (SSSR count). The number of hydrogen-bond donors (Lipinski definition) is 1. The van der Waals surface area contributed by atoms with Crippen LogP contribution in [0, 0.1) is 0 Å². The molecule has 0 saturated carbocycles. The molecule has 0 spiro atoms. The molecule has 3 nitrogen and oxygen atoms in total. The minimum absolute atomic E-state index is 0.0851. The second-order valence-electron chi connectivity index (χ2n) is 6.74. The number of rotatable bonds is 6. The van der Waals surface area contributed by atoms with E-state index in [4.69, 9.17) is 16.3 Å². The number of carbonyl (C=O) groups is 1. The third-order valence-electron chi connectivity index (χ3n) is 4.69. The van der Waals surface area contributed by atoms with Gasteiger partial charge in [0.2, 0.25) is 5.91 Å². The summed E-state index contributed by atoms with van der Waals surface area (Å²) < 4.78 is 5.91. The second-order valence-corrected chi connectivity index (χ2v) is 7.18. The Morgan fingerprint density at radius 1 is 0.862 bits per heavy atom. The maximum atomic E-state index is 12.6. The van der Waals surface area contributed by atoms with Gasteiger partial charge in [0.25, 0.3) is 0 Å². The predicted octanol–water partition coefficient (Wildman–Crippen LogP) is 6.86. The average molecular weight is 402 g/mol. The minimum Gasteiger partial charge on any atom is -0.455 e. The number of hydrogen-bond acceptors (Lipinski definition) is 2. The zero-order valence-corrected chi connectivity index (χ0v) is 16.5. The van der Waals surface area contributed by atoms with Crippen molar-refractivity contribution in [3.8, 4) is 11.5 Å². The van der Waals surface area contributed by atoms with Crippen LogP contribution in [-0.2, 0) is 11.2 Å². The van der Waals surface area contributed by atoms with Gasteiger partial charge in [-0.25, -0.2) is 0 Å². The Morgan fingerprint density at radius 3 is 2.48 bits per heavy atom. The van der Waals surface area contributed by atoms with E-state index in [1.165, 1.54) is 10.8 Å². The first-order valence-electron chi connectivity index (χ1n) is 9.48. The molecular formula is C25H20ClNO2. The molecule has 0 aliphatic heterocycles. The smallest absolute Gasteiger partial charge is 0.224 e. The summed E-state index contributed by atoms with van der Waals surface area (Å²) in [7, 11) is 0. The molecule has 0 saturated heterocycles.